The van der Waals surface area contributed by atoms with Gasteiger partial charge in [-0.2, -0.15) is 0 Å². The first kappa shape index (κ1) is 16.3. The number of aromatic amines is 4. The molecular formula is C15H9N5O7. The van der Waals surface area contributed by atoms with Crippen molar-refractivity contribution in [2.45, 2.75) is 5.92 Å². The summed E-state index contributed by atoms with van der Waals surface area (Å²) in [5, 5.41) is 11.1. The van der Waals surface area contributed by atoms with Crippen LogP contribution in [0.2, 0.25) is 0 Å². The van der Waals surface area contributed by atoms with Crippen LogP contribution in [-0.2, 0) is 0 Å². The van der Waals surface area contributed by atoms with Gasteiger partial charge in [-0.15, -0.1) is 0 Å². The van der Waals surface area contributed by atoms with E-state index in [1.807, 2.05) is 9.97 Å². The highest BCUT2D eigenvalue weighted by atomic mass is 16.6. The predicted molar refractivity (Wildman–Crippen MR) is 89.5 cm³/mol. The third-order valence-electron chi connectivity index (χ3n) is 4.08. The Morgan fingerprint density at radius 3 is 1.96 bits per heavy atom. The molecule has 0 atom stereocenters. The van der Waals surface area contributed by atoms with Crippen LogP contribution in [0.3, 0.4) is 0 Å². The molecule has 0 spiro atoms. The van der Waals surface area contributed by atoms with Crippen LogP contribution in [-0.4, -0.2) is 24.9 Å². The molecule has 4 N–H and O–H groups in total. The molecule has 0 radical (unpaired) electrons. The van der Waals surface area contributed by atoms with E-state index in [0.717, 1.165) is 0 Å². The van der Waals surface area contributed by atoms with Crippen molar-refractivity contribution in [3.8, 4) is 11.8 Å². The number of rotatable bonds is 2. The smallest absolute Gasteiger partial charge is 0.328 e. The number of nitrogens with one attached hydrogen (secondary N) is 4. The minimum Gasteiger partial charge on any atom is -0.423 e. The second-order valence-electron chi connectivity index (χ2n) is 5.69. The van der Waals surface area contributed by atoms with Gasteiger partial charge in [-0.3, -0.25) is 39.6 Å². The van der Waals surface area contributed by atoms with Gasteiger partial charge >= 0.3 is 11.4 Å². The monoisotopic (exact) mass is 371 g/mol. The lowest BCUT2D eigenvalue weighted by atomic mass is 9.85. The van der Waals surface area contributed by atoms with Crippen molar-refractivity contribution >= 4 is 5.69 Å². The summed E-state index contributed by atoms with van der Waals surface area (Å²) in [4.78, 5) is 67.1. The molecule has 136 valence electrons. The van der Waals surface area contributed by atoms with Crippen molar-refractivity contribution in [3.63, 3.8) is 0 Å². The summed E-state index contributed by atoms with van der Waals surface area (Å²) in [5.41, 5.74) is -3.66. The molecule has 0 unspecified atom stereocenters. The number of H-pyrrole nitrogens is 4. The van der Waals surface area contributed by atoms with Crippen LogP contribution in [0.1, 0.15) is 22.6 Å². The molecule has 0 saturated carbocycles. The van der Waals surface area contributed by atoms with Crippen LogP contribution in [0.4, 0.5) is 5.69 Å². The number of nitrogens with zero attached hydrogens (tertiary/aromatic N) is 1. The first-order chi connectivity index (χ1) is 12.8. The quantitative estimate of drug-likeness (QED) is 0.273. The van der Waals surface area contributed by atoms with E-state index in [2.05, 4.69) is 9.97 Å². The number of non-ortho nitro benzene ring substituents is 1. The maximum Gasteiger partial charge on any atom is 0.328 e. The average Bonchev–Trinajstić information content (AvgIpc) is 2.59. The van der Waals surface area contributed by atoms with Crippen LogP contribution in [0.25, 0.3) is 0 Å². The standard InChI is InChI=1S/C15H9N5O7/c21-10-8-7(5-2-1-3-6(4-5)20(25)26)9-11(22)17-15(24)19-13(9)27-12(8)18-14(23)16-10/h1-4,7H,(H2,16,18,21,23)(H2,17,19,22,24). The van der Waals surface area contributed by atoms with Gasteiger partial charge in [-0.05, 0) is 5.56 Å². The zero-order valence-electron chi connectivity index (χ0n) is 13.2. The van der Waals surface area contributed by atoms with Crippen LogP contribution < -0.4 is 27.2 Å². The molecular weight excluding hydrogens is 362 g/mol. The number of hydrogen-bond donors (Lipinski definition) is 4. The number of benzene rings is 1. The summed E-state index contributed by atoms with van der Waals surface area (Å²) in [7, 11) is 0. The lowest BCUT2D eigenvalue weighted by Crippen LogP contribution is -2.36. The fourth-order valence-electron chi connectivity index (χ4n) is 3.03. The molecule has 0 bridgehead atoms. The highest BCUT2D eigenvalue weighted by Crippen LogP contribution is 2.41. The van der Waals surface area contributed by atoms with Crippen molar-refractivity contribution in [1.29, 1.82) is 0 Å². The molecule has 27 heavy (non-hydrogen) atoms. The molecule has 0 aliphatic carbocycles. The largest absolute Gasteiger partial charge is 0.423 e. The molecule has 12 nitrogen and oxygen atoms in total. The molecule has 0 fully saturated rings. The fourth-order valence-corrected chi connectivity index (χ4v) is 3.03. The van der Waals surface area contributed by atoms with Gasteiger partial charge < -0.3 is 4.74 Å². The van der Waals surface area contributed by atoms with E-state index in [1.54, 1.807) is 0 Å². The van der Waals surface area contributed by atoms with E-state index in [9.17, 15) is 29.3 Å². The summed E-state index contributed by atoms with van der Waals surface area (Å²) >= 11 is 0. The Bertz CT molecular complexity index is 1260. The minimum atomic E-state index is -1.12. The van der Waals surface area contributed by atoms with Gasteiger partial charge in [0.15, 0.2) is 0 Å². The van der Waals surface area contributed by atoms with E-state index in [-0.39, 0.29) is 34.1 Å². The van der Waals surface area contributed by atoms with Gasteiger partial charge in [0.1, 0.15) is 0 Å². The topological polar surface area (TPSA) is 184 Å². The Kier molecular flexibility index (Phi) is 3.41. The number of nitro benzene ring substituents is 1. The third-order valence-corrected chi connectivity index (χ3v) is 4.08. The molecule has 1 aliphatic rings. The van der Waals surface area contributed by atoms with E-state index in [0.29, 0.717) is 0 Å². The van der Waals surface area contributed by atoms with E-state index in [1.165, 1.54) is 24.3 Å². The van der Waals surface area contributed by atoms with Crippen LogP contribution >= 0.6 is 0 Å². The van der Waals surface area contributed by atoms with Gasteiger partial charge in [0.05, 0.1) is 22.0 Å². The summed E-state index contributed by atoms with van der Waals surface area (Å²) in [5.74, 6) is -1.66. The minimum absolute atomic E-state index is 0.125. The summed E-state index contributed by atoms with van der Waals surface area (Å²) in [6.07, 6.45) is 0. The Hall–Kier alpha value is -4.22. The average molecular weight is 371 g/mol. The number of aromatic nitrogens is 4. The Morgan fingerprint density at radius 1 is 0.889 bits per heavy atom. The second-order valence-corrected chi connectivity index (χ2v) is 5.69. The lowest BCUT2D eigenvalue weighted by Gasteiger charge is -2.25. The lowest BCUT2D eigenvalue weighted by molar-refractivity contribution is -0.384. The second kappa shape index (κ2) is 5.66. The molecule has 3 heterocycles. The van der Waals surface area contributed by atoms with Crippen molar-refractivity contribution in [2.24, 2.45) is 0 Å². The zero-order valence-corrected chi connectivity index (χ0v) is 13.2. The molecule has 2 aromatic heterocycles. The van der Waals surface area contributed by atoms with Crippen molar-refractivity contribution in [3.05, 3.63) is 92.7 Å². The molecule has 12 heteroatoms. The molecule has 1 aliphatic heterocycles. The number of fused-ring (bicyclic) bond motifs is 2. The highest BCUT2D eigenvalue weighted by Gasteiger charge is 2.36. The van der Waals surface area contributed by atoms with Gasteiger partial charge in [0, 0.05) is 12.1 Å². The Morgan fingerprint density at radius 2 is 1.44 bits per heavy atom. The maximum atomic E-state index is 12.4. The summed E-state index contributed by atoms with van der Waals surface area (Å²) in [6.45, 7) is 0. The van der Waals surface area contributed by atoms with Crippen LogP contribution in [0, 0.1) is 10.1 Å². The van der Waals surface area contributed by atoms with Crippen LogP contribution in [0.15, 0.2) is 43.4 Å². The van der Waals surface area contributed by atoms with E-state index in [4.69, 9.17) is 4.74 Å². The predicted octanol–water partition coefficient (Wildman–Crippen LogP) is -0.366. The first-order valence-electron chi connectivity index (χ1n) is 7.50. The zero-order chi connectivity index (χ0) is 19.3. The number of nitro groups is 1. The number of hydrogen-bond acceptors (Lipinski definition) is 7. The summed E-state index contributed by atoms with van der Waals surface area (Å²) < 4.78 is 5.35. The van der Waals surface area contributed by atoms with Crippen molar-refractivity contribution < 1.29 is 9.66 Å². The van der Waals surface area contributed by atoms with Gasteiger partial charge in [-0.1, -0.05) is 12.1 Å². The van der Waals surface area contributed by atoms with Crippen molar-refractivity contribution in [2.75, 3.05) is 0 Å². The van der Waals surface area contributed by atoms with E-state index >= 15 is 0 Å². The SMILES string of the molecule is O=c1[nH]c2c(c(=O)[nH]1)C(c1cccc([N+](=O)[O-])c1)c1c([nH]c(=O)[nH]c1=O)O2. The Balaban J connectivity index is 2.10. The van der Waals surface area contributed by atoms with E-state index < -0.39 is 33.3 Å². The molecule has 0 saturated heterocycles. The first-order valence-corrected chi connectivity index (χ1v) is 7.50. The van der Waals surface area contributed by atoms with Gasteiger partial charge in [-0.25, -0.2) is 9.59 Å². The van der Waals surface area contributed by atoms with Gasteiger partial charge in [0.25, 0.3) is 16.8 Å². The highest BCUT2D eigenvalue weighted by molar-refractivity contribution is 5.54. The van der Waals surface area contributed by atoms with Crippen LogP contribution in [0.5, 0.6) is 11.8 Å². The Labute approximate surface area is 146 Å². The molecule has 4 rings (SSSR count). The summed E-state index contributed by atoms with van der Waals surface area (Å²) in [6, 6.07) is 5.31. The van der Waals surface area contributed by atoms with Crippen molar-refractivity contribution in [1.82, 2.24) is 19.9 Å². The molecule has 3 aromatic rings. The fraction of sp³-hybridized carbons (Fsp3) is 0.0667. The molecule has 0 amide bonds. The number of ether oxygens (including phenoxy) is 1. The molecule has 1 aromatic carbocycles. The third kappa shape index (κ3) is 2.55. The normalized spacial score (nSPS) is 12.7. The maximum absolute atomic E-state index is 12.4. The van der Waals surface area contributed by atoms with Gasteiger partial charge in [0.2, 0.25) is 11.8 Å².